The van der Waals surface area contributed by atoms with E-state index in [9.17, 15) is 0 Å². The predicted octanol–water partition coefficient (Wildman–Crippen LogP) is -0.0332. The Labute approximate surface area is 37.5 Å². The molecule has 0 radical (unpaired) electrons. The minimum Gasteiger partial charge on any atom is -0.327 e. The fraction of sp³-hybridized carbons (Fsp3) is 0.600. The Bertz CT molecular complexity index is 90.6. The Morgan fingerprint density at radius 3 is 2.33 bits per heavy atom. The third kappa shape index (κ3) is 0.395. The van der Waals surface area contributed by atoms with E-state index in [0.29, 0.717) is 12.0 Å². The standard InChI is InChI=1S/C5H7N/c1-2-4-3-5(4)6/h1,4-5H,3,6H2. The van der Waals surface area contributed by atoms with Crippen molar-refractivity contribution in [1.29, 1.82) is 0 Å². The monoisotopic (exact) mass is 81.1 g/mol. The summed E-state index contributed by atoms with van der Waals surface area (Å²) in [6, 6.07) is 0.329. The van der Waals surface area contributed by atoms with Crippen molar-refractivity contribution >= 4 is 0 Å². The van der Waals surface area contributed by atoms with Gasteiger partial charge in [0.15, 0.2) is 0 Å². The second kappa shape index (κ2) is 0.990. The molecule has 1 heteroatoms. The van der Waals surface area contributed by atoms with Crippen molar-refractivity contribution in [1.82, 2.24) is 0 Å². The third-order valence-corrected chi connectivity index (χ3v) is 1.05. The first-order valence-electron chi connectivity index (χ1n) is 2.06. The highest BCUT2D eigenvalue weighted by molar-refractivity contribution is 5.09. The molecule has 0 amide bonds. The van der Waals surface area contributed by atoms with Crippen molar-refractivity contribution in [2.45, 2.75) is 12.5 Å². The lowest BCUT2D eigenvalue weighted by molar-refractivity contribution is 1.000. The SMILES string of the molecule is C#CC1CC1N. The zero-order valence-electron chi connectivity index (χ0n) is 3.52. The van der Waals surface area contributed by atoms with Crippen molar-refractivity contribution in [2.75, 3.05) is 0 Å². The Balaban J connectivity index is 2.31. The van der Waals surface area contributed by atoms with Crippen LogP contribution in [0, 0.1) is 18.3 Å². The van der Waals surface area contributed by atoms with Crippen LogP contribution < -0.4 is 5.73 Å². The molecule has 0 heterocycles. The van der Waals surface area contributed by atoms with E-state index in [0.717, 1.165) is 6.42 Å². The summed E-state index contributed by atoms with van der Waals surface area (Å²) in [5.74, 6) is 2.97. The van der Waals surface area contributed by atoms with Gasteiger partial charge in [-0.25, -0.2) is 0 Å². The van der Waals surface area contributed by atoms with Crippen molar-refractivity contribution in [3.05, 3.63) is 0 Å². The van der Waals surface area contributed by atoms with Crippen LogP contribution in [0.15, 0.2) is 0 Å². The van der Waals surface area contributed by atoms with Crippen molar-refractivity contribution < 1.29 is 0 Å². The summed E-state index contributed by atoms with van der Waals surface area (Å²) < 4.78 is 0. The third-order valence-electron chi connectivity index (χ3n) is 1.05. The summed E-state index contributed by atoms with van der Waals surface area (Å²) >= 11 is 0. The number of hydrogen-bond acceptors (Lipinski definition) is 1. The summed E-state index contributed by atoms with van der Waals surface area (Å²) in [5, 5.41) is 0. The molecule has 1 fully saturated rings. The molecule has 1 nitrogen and oxygen atoms in total. The van der Waals surface area contributed by atoms with Gasteiger partial charge in [-0.05, 0) is 6.42 Å². The van der Waals surface area contributed by atoms with Gasteiger partial charge in [0.1, 0.15) is 0 Å². The quantitative estimate of drug-likeness (QED) is 0.407. The molecule has 1 rings (SSSR count). The normalized spacial score (nSPS) is 41.3. The topological polar surface area (TPSA) is 26.0 Å². The van der Waals surface area contributed by atoms with E-state index in [-0.39, 0.29) is 0 Å². The summed E-state index contributed by atoms with van der Waals surface area (Å²) in [6.45, 7) is 0. The predicted molar refractivity (Wildman–Crippen MR) is 24.9 cm³/mol. The minimum absolute atomic E-state index is 0.329. The molecule has 0 aromatic carbocycles. The van der Waals surface area contributed by atoms with Crippen LogP contribution in [0.3, 0.4) is 0 Å². The maximum Gasteiger partial charge on any atom is 0.0367 e. The molecular formula is C5H7N. The molecule has 0 aromatic heterocycles. The van der Waals surface area contributed by atoms with Crippen molar-refractivity contribution in [3.8, 4) is 12.3 Å². The molecule has 0 aromatic rings. The molecule has 32 valence electrons. The van der Waals surface area contributed by atoms with Crippen LogP contribution in [0.25, 0.3) is 0 Å². The van der Waals surface area contributed by atoms with E-state index in [4.69, 9.17) is 12.2 Å². The van der Waals surface area contributed by atoms with Crippen LogP contribution in [-0.2, 0) is 0 Å². The lowest BCUT2D eigenvalue weighted by atomic mass is 10.4. The first kappa shape index (κ1) is 3.70. The summed E-state index contributed by atoms with van der Waals surface area (Å²) in [4.78, 5) is 0. The summed E-state index contributed by atoms with van der Waals surface area (Å²) in [5.41, 5.74) is 5.33. The van der Waals surface area contributed by atoms with Gasteiger partial charge in [-0.3, -0.25) is 0 Å². The molecular weight excluding hydrogens is 74.1 g/mol. The first-order chi connectivity index (χ1) is 2.84. The van der Waals surface area contributed by atoms with Crippen LogP contribution in [0.1, 0.15) is 6.42 Å². The lowest BCUT2D eigenvalue weighted by Crippen LogP contribution is -1.99. The molecule has 0 spiro atoms. The Morgan fingerprint density at radius 1 is 1.83 bits per heavy atom. The molecule has 1 aliphatic carbocycles. The van der Waals surface area contributed by atoms with E-state index < -0.39 is 0 Å². The van der Waals surface area contributed by atoms with Crippen LogP contribution in [0.2, 0.25) is 0 Å². The lowest BCUT2D eigenvalue weighted by Gasteiger charge is -1.70. The smallest absolute Gasteiger partial charge is 0.0367 e. The molecule has 2 N–H and O–H groups in total. The minimum atomic E-state index is 0.329. The molecule has 2 unspecified atom stereocenters. The fourth-order valence-corrected chi connectivity index (χ4v) is 0.406. The summed E-state index contributed by atoms with van der Waals surface area (Å²) in [7, 11) is 0. The number of hydrogen-bond donors (Lipinski definition) is 1. The second-order valence-electron chi connectivity index (χ2n) is 1.67. The molecule has 1 aliphatic rings. The highest BCUT2D eigenvalue weighted by atomic mass is 14.7. The van der Waals surface area contributed by atoms with Gasteiger partial charge in [0.05, 0.1) is 0 Å². The average molecular weight is 81.1 g/mol. The van der Waals surface area contributed by atoms with Gasteiger partial charge >= 0.3 is 0 Å². The van der Waals surface area contributed by atoms with Gasteiger partial charge in [0.25, 0.3) is 0 Å². The molecule has 0 aliphatic heterocycles. The van der Waals surface area contributed by atoms with Crippen LogP contribution in [0.4, 0.5) is 0 Å². The molecule has 6 heavy (non-hydrogen) atoms. The Kier molecular flexibility index (Phi) is 0.611. The van der Waals surface area contributed by atoms with Crippen LogP contribution in [-0.4, -0.2) is 6.04 Å². The largest absolute Gasteiger partial charge is 0.327 e. The number of nitrogens with two attached hydrogens (primary N) is 1. The highest BCUT2D eigenvalue weighted by Gasteiger charge is 2.30. The van der Waals surface area contributed by atoms with Gasteiger partial charge in [0.2, 0.25) is 0 Å². The highest BCUT2D eigenvalue weighted by Crippen LogP contribution is 2.25. The second-order valence-corrected chi connectivity index (χ2v) is 1.67. The molecule has 1 saturated carbocycles. The van der Waals surface area contributed by atoms with Gasteiger partial charge in [-0.1, -0.05) is 0 Å². The molecule has 0 saturated heterocycles. The van der Waals surface area contributed by atoms with E-state index in [1.807, 2.05) is 0 Å². The van der Waals surface area contributed by atoms with E-state index in [1.54, 1.807) is 0 Å². The Hall–Kier alpha value is -0.480. The fourth-order valence-electron chi connectivity index (χ4n) is 0.406. The molecule has 2 atom stereocenters. The number of rotatable bonds is 0. The van der Waals surface area contributed by atoms with E-state index in [1.165, 1.54) is 0 Å². The van der Waals surface area contributed by atoms with Crippen LogP contribution in [0.5, 0.6) is 0 Å². The Morgan fingerprint density at radius 2 is 2.33 bits per heavy atom. The van der Waals surface area contributed by atoms with Gasteiger partial charge in [-0.2, -0.15) is 0 Å². The first-order valence-corrected chi connectivity index (χ1v) is 2.06. The summed E-state index contributed by atoms with van der Waals surface area (Å²) in [6.07, 6.45) is 6.03. The van der Waals surface area contributed by atoms with E-state index in [2.05, 4.69) is 5.92 Å². The number of terminal acetylenes is 1. The van der Waals surface area contributed by atoms with E-state index >= 15 is 0 Å². The van der Waals surface area contributed by atoms with Crippen molar-refractivity contribution in [3.63, 3.8) is 0 Å². The van der Waals surface area contributed by atoms with Gasteiger partial charge in [-0.15, -0.1) is 12.3 Å². The maximum atomic E-state index is 5.33. The molecule has 0 bridgehead atoms. The van der Waals surface area contributed by atoms with Crippen molar-refractivity contribution in [2.24, 2.45) is 11.7 Å². The van der Waals surface area contributed by atoms with Gasteiger partial charge < -0.3 is 5.73 Å². The van der Waals surface area contributed by atoms with Gasteiger partial charge in [0, 0.05) is 12.0 Å². The maximum absolute atomic E-state index is 5.33. The average Bonchev–Trinajstić information content (AvgIpc) is 2.19. The zero-order chi connectivity index (χ0) is 4.57. The zero-order valence-corrected chi connectivity index (χ0v) is 3.52. The van der Waals surface area contributed by atoms with Crippen LogP contribution >= 0.6 is 0 Å².